The first kappa shape index (κ1) is 12.7. The fourth-order valence-corrected chi connectivity index (χ4v) is 1.35. The number of halogens is 6. The van der Waals surface area contributed by atoms with Crippen LogP contribution in [0.3, 0.4) is 0 Å². The van der Waals surface area contributed by atoms with Crippen LogP contribution in [0.25, 0.3) is 0 Å². The Morgan fingerprint density at radius 3 is 2.00 bits per heavy atom. The number of alkyl halides is 6. The van der Waals surface area contributed by atoms with E-state index in [1.54, 1.807) is 0 Å². The van der Waals surface area contributed by atoms with Gasteiger partial charge in [-0.3, -0.25) is 0 Å². The van der Waals surface area contributed by atoms with Crippen LogP contribution in [-0.2, 0) is 4.74 Å². The van der Waals surface area contributed by atoms with E-state index in [4.69, 9.17) is 0 Å². The molecule has 0 fully saturated rings. The van der Waals surface area contributed by atoms with Crippen LogP contribution >= 0.6 is 0 Å². The molecule has 2 rings (SSSR count). The zero-order valence-electron chi connectivity index (χ0n) is 8.51. The summed E-state index contributed by atoms with van der Waals surface area (Å²) < 4.78 is 79.9. The van der Waals surface area contributed by atoms with Gasteiger partial charge in [0.15, 0.2) is 0 Å². The van der Waals surface area contributed by atoms with Crippen LogP contribution in [0, 0.1) is 0 Å². The van der Waals surface area contributed by atoms with Gasteiger partial charge in [0.25, 0.3) is 0 Å². The Hall–Kier alpha value is -1.73. The zero-order chi connectivity index (χ0) is 13.6. The van der Waals surface area contributed by atoms with E-state index in [1.807, 2.05) is 0 Å². The van der Waals surface area contributed by atoms with Gasteiger partial charge in [0.1, 0.15) is 0 Å². The maximum atomic E-state index is 13.3. The van der Waals surface area contributed by atoms with Crippen molar-refractivity contribution in [2.75, 3.05) is 0 Å². The van der Waals surface area contributed by atoms with Crippen molar-refractivity contribution < 1.29 is 31.1 Å². The van der Waals surface area contributed by atoms with Gasteiger partial charge in [-0.15, -0.1) is 0 Å². The summed E-state index contributed by atoms with van der Waals surface area (Å²) in [5, 5.41) is 0. The zero-order valence-corrected chi connectivity index (χ0v) is 8.51. The molecule has 8 heteroatoms. The Bertz CT molecular complexity index is 483. The van der Waals surface area contributed by atoms with Crippen molar-refractivity contribution in [2.45, 2.75) is 18.1 Å². The standard InChI is InChI=1S/C10H5F6NO/c11-8(9(12,13)14)10(15,16)18-7(17-8)6-4-2-1-3-5-6/h1-5H. The van der Waals surface area contributed by atoms with Gasteiger partial charge in [-0.25, -0.2) is 0 Å². The summed E-state index contributed by atoms with van der Waals surface area (Å²) in [7, 11) is 0. The molecule has 2 nitrogen and oxygen atoms in total. The fraction of sp³-hybridized carbons (Fsp3) is 0.300. The molecule has 1 heterocycles. The number of nitrogens with zero attached hydrogens (tertiary/aromatic N) is 1. The molecule has 0 spiro atoms. The summed E-state index contributed by atoms with van der Waals surface area (Å²) in [6.07, 6.45) is -11.0. The quantitative estimate of drug-likeness (QED) is 0.566. The van der Waals surface area contributed by atoms with Crippen molar-refractivity contribution in [3.63, 3.8) is 0 Å². The predicted molar refractivity (Wildman–Crippen MR) is 48.9 cm³/mol. The molecular formula is C10H5F6NO. The summed E-state index contributed by atoms with van der Waals surface area (Å²) in [6.45, 7) is 0. The summed E-state index contributed by atoms with van der Waals surface area (Å²) in [5.74, 6) is -6.15. The second kappa shape index (κ2) is 3.63. The average Bonchev–Trinajstić information content (AvgIpc) is 2.52. The smallest absolute Gasteiger partial charge is 0.410 e. The van der Waals surface area contributed by atoms with Gasteiger partial charge in [0, 0.05) is 5.56 Å². The van der Waals surface area contributed by atoms with Crippen LogP contribution in [0.1, 0.15) is 5.56 Å². The molecule has 1 aromatic rings. The molecule has 0 N–H and O–H groups in total. The molecule has 1 aromatic carbocycles. The first-order valence-electron chi connectivity index (χ1n) is 4.65. The number of ether oxygens (including phenoxy) is 1. The highest BCUT2D eigenvalue weighted by Crippen LogP contribution is 2.50. The molecule has 1 atom stereocenters. The second-order valence-corrected chi connectivity index (χ2v) is 3.52. The molecule has 98 valence electrons. The van der Waals surface area contributed by atoms with E-state index in [0.29, 0.717) is 0 Å². The number of rotatable bonds is 1. The molecule has 0 aliphatic carbocycles. The highest BCUT2D eigenvalue weighted by atomic mass is 19.4. The highest BCUT2D eigenvalue weighted by Gasteiger charge is 2.77. The Labute approximate surface area is 96.9 Å². The van der Waals surface area contributed by atoms with Gasteiger partial charge in [0.05, 0.1) is 0 Å². The molecule has 0 radical (unpaired) electrons. The molecule has 0 saturated heterocycles. The Kier molecular flexibility index (Phi) is 2.56. The van der Waals surface area contributed by atoms with E-state index in [-0.39, 0.29) is 5.56 Å². The maximum absolute atomic E-state index is 13.3. The minimum absolute atomic E-state index is 0.166. The molecule has 1 aliphatic rings. The van der Waals surface area contributed by atoms with E-state index in [0.717, 1.165) is 0 Å². The lowest BCUT2D eigenvalue weighted by Crippen LogP contribution is -2.51. The van der Waals surface area contributed by atoms with Crippen LogP contribution in [0.4, 0.5) is 26.3 Å². The highest BCUT2D eigenvalue weighted by molar-refractivity contribution is 5.95. The van der Waals surface area contributed by atoms with Crippen molar-refractivity contribution >= 4 is 5.90 Å². The Morgan fingerprint density at radius 1 is 1.00 bits per heavy atom. The third kappa shape index (κ3) is 1.72. The number of benzene rings is 1. The van der Waals surface area contributed by atoms with Crippen LogP contribution in [0.2, 0.25) is 0 Å². The third-order valence-electron chi connectivity index (χ3n) is 2.26. The topological polar surface area (TPSA) is 21.6 Å². The van der Waals surface area contributed by atoms with Crippen molar-refractivity contribution in [3.8, 4) is 0 Å². The molecule has 1 unspecified atom stereocenters. The molecular weight excluding hydrogens is 264 g/mol. The Morgan fingerprint density at radius 2 is 1.56 bits per heavy atom. The van der Waals surface area contributed by atoms with Gasteiger partial charge in [-0.1, -0.05) is 18.2 Å². The van der Waals surface area contributed by atoms with Crippen molar-refractivity contribution in [2.24, 2.45) is 4.99 Å². The largest absolute Gasteiger partial charge is 0.465 e. The molecule has 0 amide bonds. The van der Waals surface area contributed by atoms with Gasteiger partial charge in [-0.05, 0) is 12.1 Å². The van der Waals surface area contributed by atoms with Crippen LogP contribution < -0.4 is 0 Å². The monoisotopic (exact) mass is 269 g/mol. The van der Waals surface area contributed by atoms with Gasteiger partial charge >= 0.3 is 18.1 Å². The lowest BCUT2D eigenvalue weighted by molar-refractivity contribution is -0.345. The van der Waals surface area contributed by atoms with Crippen LogP contribution in [0.5, 0.6) is 0 Å². The minimum Gasteiger partial charge on any atom is -0.410 e. The van der Waals surface area contributed by atoms with E-state index < -0.39 is 24.0 Å². The molecule has 0 bridgehead atoms. The lowest BCUT2D eigenvalue weighted by atomic mass is 10.2. The van der Waals surface area contributed by atoms with Crippen LogP contribution in [0.15, 0.2) is 35.3 Å². The molecule has 1 aliphatic heterocycles. The van der Waals surface area contributed by atoms with Gasteiger partial charge in [-0.2, -0.15) is 31.3 Å². The Balaban J connectivity index is 2.47. The normalized spacial score (nSPS) is 26.7. The maximum Gasteiger partial charge on any atom is 0.465 e. The summed E-state index contributed by atoms with van der Waals surface area (Å²) >= 11 is 0. The summed E-state index contributed by atoms with van der Waals surface area (Å²) in [4.78, 5) is 2.37. The van der Waals surface area contributed by atoms with Crippen molar-refractivity contribution in [3.05, 3.63) is 35.9 Å². The van der Waals surface area contributed by atoms with E-state index in [2.05, 4.69) is 9.73 Å². The van der Waals surface area contributed by atoms with Gasteiger partial charge in [0.2, 0.25) is 5.90 Å². The number of aliphatic imine (C=N–C) groups is 1. The van der Waals surface area contributed by atoms with E-state index in [1.165, 1.54) is 30.3 Å². The van der Waals surface area contributed by atoms with E-state index >= 15 is 0 Å². The summed E-state index contributed by atoms with van der Waals surface area (Å²) in [6, 6.07) is 6.59. The fourth-order valence-electron chi connectivity index (χ4n) is 1.35. The van der Waals surface area contributed by atoms with E-state index in [9.17, 15) is 26.3 Å². The molecule has 0 aromatic heterocycles. The van der Waals surface area contributed by atoms with Crippen LogP contribution in [-0.4, -0.2) is 24.0 Å². The first-order valence-corrected chi connectivity index (χ1v) is 4.65. The van der Waals surface area contributed by atoms with Crippen molar-refractivity contribution in [1.82, 2.24) is 0 Å². The van der Waals surface area contributed by atoms with Gasteiger partial charge < -0.3 is 4.74 Å². The van der Waals surface area contributed by atoms with Crippen molar-refractivity contribution in [1.29, 1.82) is 0 Å². The minimum atomic E-state index is -5.87. The third-order valence-corrected chi connectivity index (χ3v) is 2.26. The second-order valence-electron chi connectivity index (χ2n) is 3.52. The molecule has 18 heavy (non-hydrogen) atoms. The average molecular weight is 269 g/mol. The summed E-state index contributed by atoms with van der Waals surface area (Å²) in [5.41, 5.74) is -0.166. The number of hydrogen-bond donors (Lipinski definition) is 0. The number of hydrogen-bond acceptors (Lipinski definition) is 2. The lowest BCUT2D eigenvalue weighted by Gasteiger charge is -2.24. The molecule has 0 saturated carbocycles. The first-order chi connectivity index (χ1) is 8.17. The SMILES string of the molecule is FC(F)(F)C1(F)N=C(c2ccccc2)OC1(F)F. The predicted octanol–water partition coefficient (Wildman–Crippen LogP) is 3.28.